The summed E-state index contributed by atoms with van der Waals surface area (Å²) in [6, 6.07) is 10.1. The molecule has 0 atom stereocenters. The molecule has 0 saturated carbocycles. The summed E-state index contributed by atoms with van der Waals surface area (Å²) in [5, 5.41) is 7.46. The first-order valence-corrected chi connectivity index (χ1v) is 9.47. The van der Waals surface area contributed by atoms with E-state index in [4.69, 9.17) is 9.26 Å². The van der Waals surface area contributed by atoms with Gasteiger partial charge < -0.3 is 19.5 Å². The first-order valence-electron chi connectivity index (χ1n) is 9.47. The fourth-order valence-electron chi connectivity index (χ4n) is 3.18. The number of nitrogens with zero attached hydrogens (tertiary/aromatic N) is 4. The molecule has 0 spiro atoms. The van der Waals surface area contributed by atoms with Crippen molar-refractivity contribution in [2.24, 2.45) is 4.99 Å². The highest BCUT2D eigenvalue weighted by molar-refractivity contribution is 5.80. The van der Waals surface area contributed by atoms with Crippen LogP contribution in [0.4, 0.5) is 0 Å². The van der Waals surface area contributed by atoms with Crippen LogP contribution in [-0.4, -0.2) is 60.2 Å². The summed E-state index contributed by atoms with van der Waals surface area (Å²) in [4.78, 5) is 9.14. The van der Waals surface area contributed by atoms with Gasteiger partial charge in [-0.3, -0.25) is 9.89 Å². The molecule has 7 nitrogen and oxygen atoms in total. The molecule has 1 aliphatic rings. The van der Waals surface area contributed by atoms with E-state index in [1.807, 2.05) is 39.1 Å². The van der Waals surface area contributed by atoms with E-state index in [0.717, 1.165) is 56.7 Å². The highest BCUT2D eigenvalue weighted by Gasteiger charge is 2.20. The molecular formula is C20H29N5O2. The van der Waals surface area contributed by atoms with Crippen molar-refractivity contribution in [1.82, 2.24) is 20.3 Å². The lowest BCUT2D eigenvalue weighted by Gasteiger charge is -2.36. The number of hydrogen-bond donors (Lipinski definition) is 1. The molecule has 1 aliphatic heterocycles. The van der Waals surface area contributed by atoms with Gasteiger partial charge in [0.1, 0.15) is 12.0 Å². The molecule has 1 saturated heterocycles. The monoisotopic (exact) mass is 371 g/mol. The number of rotatable bonds is 6. The zero-order valence-electron chi connectivity index (χ0n) is 16.4. The van der Waals surface area contributed by atoms with Gasteiger partial charge in [0.25, 0.3) is 0 Å². The average Bonchev–Trinajstić information content (AvgIpc) is 3.16. The van der Waals surface area contributed by atoms with Gasteiger partial charge in [-0.25, -0.2) is 0 Å². The fraction of sp³-hybridized carbons (Fsp3) is 0.500. The second-order valence-electron chi connectivity index (χ2n) is 6.97. The summed E-state index contributed by atoms with van der Waals surface area (Å²) in [7, 11) is 1.84. The van der Waals surface area contributed by atoms with Gasteiger partial charge in [0.05, 0.1) is 11.8 Å². The maximum Gasteiger partial charge on any atom is 0.194 e. The molecule has 7 heteroatoms. The van der Waals surface area contributed by atoms with Gasteiger partial charge >= 0.3 is 0 Å². The fourth-order valence-corrected chi connectivity index (χ4v) is 3.18. The molecule has 2 heterocycles. The van der Waals surface area contributed by atoms with Gasteiger partial charge in [-0.15, -0.1) is 0 Å². The highest BCUT2D eigenvalue weighted by Crippen LogP contribution is 2.15. The van der Waals surface area contributed by atoms with Crippen LogP contribution in [0.5, 0.6) is 5.75 Å². The Kier molecular flexibility index (Phi) is 6.70. The summed E-state index contributed by atoms with van der Waals surface area (Å²) in [6.45, 7) is 9.46. The Morgan fingerprint density at radius 1 is 1.26 bits per heavy atom. The van der Waals surface area contributed by atoms with Gasteiger partial charge in [0.2, 0.25) is 0 Å². The number of benzene rings is 1. The Morgan fingerprint density at radius 2 is 2.07 bits per heavy atom. The number of aromatic nitrogens is 1. The number of hydrogen-bond acceptors (Lipinski definition) is 5. The molecule has 0 bridgehead atoms. The number of guanidine groups is 1. The van der Waals surface area contributed by atoms with E-state index in [2.05, 4.69) is 37.4 Å². The van der Waals surface area contributed by atoms with Crippen molar-refractivity contribution in [1.29, 1.82) is 0 Å². The van der Waals surface area contributed by atoms with Crippen molar-refractivity contribution in [3.8, 4) is 5.75 Å². The second-order valence-corrected chi connectivity index (χ2v) is 6.97. The van der Waals surface area contributed by atoms with Gasteiger partial charge in [0.15, 0.2) is 5.96 Å². The summed E-state index contributed by atoms with van der Waals surface area (Å²) in [6.07, 6.45) is 1.80. The molecule has 1 fully saturated rings. The van der Waals surface area contributed by atoms with Crippen molar-refractivity contribution in [2.45, 2.75) is 33.0 Å². The van der Waals surface area contributed by atoms with Crippen LogP contribution in [-0.2, 0) is 13.1 Å². The molecule has 0 radical (unpaired) electrons. The van der Waals surface area contributed by atoms with Crippen LogP contribution in [0.3, 0.4) is 0 Å². The lowest BCUT2D eigenvalue weighted by Crippen LogP contribution is -2.52. The number of nitrogens with one attached hydrogen (secondary N) is 1. The topological polar surface area (TPSA) is 66.1 Å². The Labute approximate surface area is 161 Å². The first kappa shape index (κ1) is 19.2. The SMILES string of the molecule is CN=C(NCc1cccc(OC(C)C)c1)N1CCN(Cc2ccon2)CC1. The lowest BCUT2D eigenvalue weighted by atomic mass is 10.2. The van der Waals surface area contributed by atoms with E-state index in [-0.39, 0.29) is 6.10 Å². The molecule has 3 rings (SSSR count). The van der Waals surface area contributed by atoms with Gasteiger partial charge in [-0.05, 0) is 31.5 Å². The minimum Gasteiger partial charge on any atom is -0.491 e. The smallest absolute Gasteiger partial charge is 0.194 e. The van der Waals surface area contributed by atoms with E-state index in [1.165, 1.54) is 5.56 Å². The van der Waals surface area contributed by atoms with E-state index < -0.39 is 0 Å². The summed E-state index contributed by atoms with van der Waals surface area (Å²) >= 11 is 0. The normalized spacial score (nSPS) is 16.0. The Balaban J connectivity index is 1.48. The molecule has 27 heavy (non-hydrogen) atoms. The predicted molar refractivity (Wildman–Crippen MR) is 106 cm³/mol. The predicted octanol–water partition coefficient (Wildman–Crippen LogP) is 2.36. The molecule has 1 N–H and O–H groups in total. The van der Waals surface area contributed by atoms with E-state index >= 15 is 0 Å². The van der Waals surface area contributed by atoms with E-state index in [1.54, 1.807) is 6.26 Å². The number of piperazine rings is 1. The van der Waals surface area contributed by atoms with Gasteiger partial charge in [-0.2, -0.15) is 0 Å². The van der Waals surface area contributed by atoms with Crippen LogP contribution in [0.2, 0.25) is 0 Å². The third kappa shape index (κ3) is 5.72. The van der Waals surface area contributed by atoms with Crippen LogP contribution < -0.4 is 10.1 Å². The molecule has 0 unspecified atom stereocenters. The molecule has 146 valence electrons. The molecular weight excluding hydrogens is 342 g/mol. The summed E-state index contributed by atoms with van der Waals surface area (Å²) < 4.78 is 10.7. The van der Waals surface area contributed by atoms with Crippen LogP contribution >= 0.6 is 0 Å². The maximum atomic E-state index is 5.77. The van der Waals surface area contributed by atoms with Crippen molar-refractivity contribution < 1.29 is 9.26 Å². The lowest BCUT2D eigenvalue weighted by molar-refractivity contribution is 0.169. The van der Waals surface area contributed by atoms with Gasteiger partial charge in [-0.1, -0.05) is 17.3 Å². The summed E-state index contributed by atoms with van der Waals surface area (Å²) in [5.74, 6) is 1.84. The van der Waals surface area contributed by atoms with Crippen LogP contribution in [0.1, 0.15) is 25.1 Å². The molecule has 0 aliphatic carbocycles. The molecule has 1 aromatic heterocycles. The van der Waals surface area contributed by atoms with Crippen LogP contribution in [0.25, 0.3) is 0 Å². The summed E-state index contributed by atoms with van der Waals surface area (Å²) in [5.41, 5.74) is 2.16. The highest BCUT2D eigenvalue weighted by atomic mass is 16.5. The quantitative estimate of drug-likeness (QED) is 0.621. The Bertz CT molecular complexity index is 722. The largest absolute Gasteiger partial charge is 0.491 e. The van der Waals surface area contributed by atoms with E-state index in [0.29, 0.717) is 0 Å². The first-order chi connectivity index (χ1) is 13.1. The van der Waals surface area contributed by atoms with Crippen molar-refractivity contribution in [3.63, 3.8) is 0 Å². The number of aliphatic imine (C=N–C) groups is 1. The third-order valence-electron chi connectivity index (χ3n) is 4.48. The average molecular weight is 371 g/mol. The minimum atomic E-state index is 0.175. The zero-order chi connectivity index (χ0) is 19.1. The second kappa shape index (κ2) is 9.41. The van der Waals surface area contributed by atoms with Crippen LogP contribution in [0, 0.1) is 0 Å². The molecule has 2 aromatic rings. The minimum absolute atomic E-state index is 0.175. The third-order valence-corrected chi connectivity index (χ3v) is 4.48. The zero-order valence-corrected chi connectivity index (χ0v) is 16.4. The van der Waals surface area contributed by atoms with Crippen molar-refractivity contribution >= 4 is 5.96 Å². The van der Waals surface area contributed by atoms with E-state index in [9.17, 15) is 0 Å². The molecule has 1 aromatic carbocycles. The Morgan fingerprint density at radius 3 is 2.74 bits per heavy atom. The number of ether oxygens (including phenoxy) is 1. The van der Waals surface area contributed by atoms with Crippen molar-refractivity contribution in [2.75, 3.05) is 33.2 Å². The Hall–Kier alpha value is -2.54. The van der Waals surface area contributed by atoms with Crippen LogP contribution in [0.15, 0.2) is 46.1 Å². The van der Waals surface area contributed by atoms with Gasteiger partial charge in [0, 0.05) is 52.4 Å². The maximum absolute atomic E-state index is 5.77. The standard InChI is InChI=1S/C20H29N5O2/c1-16(2)27-19-6-4-5-17(13-19)14-22-20(21-3)25-10-8-24(9-11-25)15-18-7-12-26-23-18/h4-7,12-13,16H,8-11,14-15H2,1-3H3,(H,21,22). The molecule has 0 amide bonds. The van der Waals surface area contributed by atoms with Crippen molar-refractivity contribution in [3.05, 3.63) is 47.9 Å².